The molecule has 0 radical (unpaired) electrons. The molecule has 0 saturated heterocycles. The minimum atomic E-state index is -0.953. The molecule has 0 aliphatic rings. The van der Waals surface area contributed by atoms with E-state index in [1.807, 2.05) is 27.7 Å². The van der Waals surface area contributed by atoms with Crippen LogP contribution in [0.5, 0.6) is 5.75 Å². The van der Waals surface area contributed by atoms with Crippen molar-refractivity contribution in [1.82, 2.24) is 16.0 Å². The normalized spacial score (nSPS) is 11.4. The molecule has 0 spiro atoms. The van der Waals surface area contributed by atoms with E-state index in [1.165, 1.54) is 6.07 Å². The van der Waals surface area contributed by atoms with Crippen LogP contribution in [0.25, 0.3) is 0 Å². The molecule has 0 saturated carbocycles. The molecule has 0 aliphatic heterocycles. The van der Waals surface area contributed by atoms with Gasteiger partial charge >= 0.3 is 0 Å². The molecule has 0 aliphatic carbocycles. The summed E-state index contributed by atoms with van der Waals surface area (Å²) in [5.74, 6) is -1.33. The third-order valence-corrected chi connectivity index (χ3v) is 2.79. The first-order valence-corrected chi connectivity index (χ1v) is 8.12. The van der Waals surface area contributed by atoms with Crippen molar-refractivity contribution < 1.29 is 18.3 Å². The maximum atomic E-state index is 13.1. The lowest BCUT2D eigenvalue weighted by Crippen LogP contribution is -2.43. The van der Waals surface area contributed by atoms with Crippen LogP contribution >= 0.6 is 24.0 Å². The van der Waals surface area contributed by atoms with E-state index in [4.69, 9.17) is 4.74 Å². The Labute approximate surface area is 170 Å². The first kappa shape index (κ1) is 24.4. The van der Waals surface area contributed by atoms with Gasteiger partial charge in [0.1, 0.15) is 18.9 Å². The number of carbonyl (C=O) groups is 1. The molecule has 26 heavy (non-hydrogen) atoms. The fraction of sp³-hybridized carbons (Fsp3) is 0.529. The summed E-state index contributed by atoms with van der Waals surface area (Å²) in [5, 5.41) is 8.83. The van der Waals surface area contributed by atoms with E-state index >= 15 is 0 Å². The van der Waals surface area contributed by atoms with Crippen LogP contribution in [0.1, 0.15) is 27.7 Å². The molecule has 1 aromatic rings. The number of nitrogens with one attached hydrogen (secondary N) is 3. The molecule has 9 heteroatoms. The minimum Gasteiger partial charge on any atom is -0.492 e. The average molecular weight is 484 g/mol. The molecule has 1 amide bonds. The van der Waals surface area contributed by atoms with Gasteiger partial charge in [-0.2, -0.15) is 0 Å². The van der Waals surface area contributed by atoms with Crippen molar-refractivity contribution in [3.05, 3.63) is 29.8 Å². The van der Waals surface area contributed by atoms with Gasteiger partial charge in [-0.05, 0) is 39.8 Å². The standard InChI is InChI=1S/C17H26F2N4O2.HI/c1-5-20-16(22-11-15(24)23-17(2,3)4)21-8-9-25-12-6-7-13(18)14(19)10-12;/h6-7,10H,5,8-9,11H2,1-4H3,(H,23,24)(H2,20,21,22);1H. The second-order valence-electron chi connectivity index (χ2n) is 6.34. The Hall–Kier alpha value is -1.65. The van der Waals surface area contributed by atoms with Gasteiger partial charge in [0.15, 0.2) is 17.6 Å². The molecular weight excluding hydrogens is 457 g/mol. The van der Waals surface area contributed by atoms with Gasteiger partial charge in [-0.1, -0.05) is 0 Å². The molecule has 1 rings (SSSR count). The van der Waals surface area contributed by atoms with Crippen LogP contribution < -0.4 is 20.7 Å². The van der Waals surface area contributed by atoms with Gasteiger partial charge in [0.05, 0.1) is 6.54 Å². The van der Waals surface area contributed by atoms with E-state index in [1.54, 1.807) is 0 Å². The number of hydrogen-bond donors (Lipinski definition) is 3. The highest BCUT2D eigenvalue weighted by molar-refractivity contribution is 14.0. The summed E-state index contributed by atoms with van der Waals surface area (Å²) in [4.78, 5) is 16.0. The molecule has 0 atom stereocenters. The van der Waals surface area contributed by atoms with Crippen LogP contribution in [0.3, 0.4) is 0 Å². The number of nitrogens with zero attached hydrogens (tertiary/aromatic N) is 1. The maximum absolute atomic E-state index is 13.1. The van der Waals surface area contributed by atoms with Gasteiger partial charge in [0.2, 0.25) is 5.91 Å². The Kier molecular flexibility index (Phi) is 11.1. The Morgan fingerprint density at radius 3 is 2.46 bits per heavy atom. The molecule has 0 fully saturated rings. The van der Waals surface area contributed by atoms with E-state index in [9.17, 15) is 13.6 Å². The first-order valence-electron chi connectivity index (χ1n) is 8.12. The van der Waals surface area contributed by atoms with Crippen molar-refractivity contribution >= 4 is 35.8 Å². The van der Waals surface area contributed by atoms with Crippen LogP contribution in [0.4, 0.5) is 8.78 Å². The van der Waals surface area contributed by atoms with Gasteiger partial charge in [-0.25, -0.2) is 13.8 Å². The van der Waals surface area contributed by atoms with E-state index in [-0.39, 0.29) is 54.3 Å². The van der Waals surface area contributed by atoms with E-state index in [0.717, 1.165) is 12.1 Å². The summed E-state index contributed by atoms with van der Waals surface area (Å²) in [5.41, 5.74) is -0.309. The van der Waals surface area contributed by atoms with Crippen LogP contribution in [0, 0.1) is 11.6 Å². The molecule has 0 bridgehead atoms. The lowest BCUT2D eigenvalue weighted by atomic mass is 10.1. The van der Waals surface area contributed by atoms with Crippen molar-refractivity contribution in [1.29, 1.82) is 0 Å². The van der Waals surface area contributed by atoms with Gasteiger partial charge < -0.3 is 20.7 Å². The summed E-state index contributed by atoms with van der Waals surface area (Å²) < 4.78 is 31.2. The molecule has 0 heterocycles. The predicted molar refractivity (Wildman–Crippen MR) is 109 cm³/mol. The maximum Gasteiger partial charge on any atom is 0.242 e. The van der Waals surface area contributed by atoms with Gasteiger partial charge in [-0.3, -0.25) is 4.79 Å². The summed E-state index contributed by atoms with van der Waals surface area (Å²) in [6.45, 7) is 8.84. The average Bonchev–Trinajstić information content (AvgIpc) is 2.50. The molecule has 148 valence electrons. The Bertz CT molecular complexity index is 607. The number of benzene rings is 1. The topological polar surface area (TPSA) is 74.8 Å². The Morgan fingerprint density at radius 1 is 1.19 bits per heavy atom. The molecule has 3 N–H and O–H groups in total. The third-order valence-electron chi connectivity index (χ3n) is 2.79. The van der Waals surface area contributed by atoms with Gasteiger partial charge in [0.25, 0.3) is 0 Å². The third kappa shape index (κ3) is 10.4. The quantitative estimate of drug-likeness (QED) is 0.241. The number of carbonyl (C=O) groups excluding carboxylic acids is 1. The van der Waals surface area contributed by atoms with Crippen LogP contribution in [0.2, 0.25) is 0 Å². The van der Waals surface area contributed by atoms with Crippen molar-refractivity contribution in [3.8, 4) is 5.75 Å². The second-order valence-corrected chi connectivity index (χ2v) is 6.34. The number of ether oxygens (including phenoxy) is 1. The largest absolute Gasteiger partial charge is 0.492 e. The lowest BCUT2D eigenvalue weighted by Gasteiger charge is -2.20. The lowest BCUT2D eigenvalue weighted by molar-refractivity contribution is -0.121. The van der Waals surface area contributed by atoms with Gasteiger partial charge in [0, 0.05) is 18.2 Å². The number of amides is 1. The fourth-order valence-electron chi connectivity index (χ4n) is 1.86. The van der Waals surface area contributed by atoms with Crippen LogP contribution in [0.15, 0.2) is 23.2 Å². The first-order chi connectivity index (χ1) is 11.7. The number of halogens is 3. The molecule has 0 aromatic heterocycles. The predicted octanol–water partition coefficient (Wildman–Crippen LogP) is 2.43. The zero-order valence-corrected chi connectivity index (χ0v) is 17.8. The number of guanidine groups is 1. The Balaban J connectivity index is 0.00000625. The monoisotopic (exact) mass is 484 g/mol. The summed E-state index contributed by atoms with van der Waals surface area (Å²) in [7, 11) is 0. The van der Waals surface area contributed by atoms with Crippen LogP contribution in [-0.4, -0.2) is 43.6 Å². The van der Waals surface area contributed by atoms with E-state index in [0.29, 0.717) is 19.0 Å². The van der Waals surface area contributed by atoms with Gasteiger partial charge in [-0.15, -0.1) is 24.0 Å². The molecule has 0 unspecified atom stereocenters. The van der Waals surface area contributed by atoms with E-state index in [2.05, 4.69) is 20.9 Å². The zero-order valence-electron chi connectivity index (χ0n) is 15.5. The SMILES string of the molecule is CCNC(=NCC(=O)NC(C)(C)C)NCCOc1ccc(F)c(F)c1.I. The highest BCUT2D eigenvalue weighted by atomic mass is 127. The summed E-state index contributed by atoms with van der Waals surface area (Å²) in [6.07, 6.45) is 0. The molecule has 1 aromatic carbocycles. The number of hydrogen-bond acceptors (Lipinski definition) is 3. The molecule has 6 nitrogen and oxygen atoms in total. The summed E-state index contributed by atoms with van der Waals surface area (Å²) in [6, 6.07) is 3.36. The highest BCUT2D eigenvalue weighted by Crippen LogP contribution is 2.14. The van der Waals surface area contributed by atoms with Crippen molar-refractivity contribution in [2.45, 2.75) is 33.2 Å². The highest BCUT2D eigenvalue weighted by Gasteiger charge is 2.13. The summed E-state index contributed by atoms with van der Waals surface area (Å²) >= 11 is 0. The van der Waals surface area contributed by atoms with Crippen molar-refractivity contribution in [3.63, 3.8) is 0 Å². The molecular formula is C17H27F2IN4O2. The van der Waals surface area contributed by atoms with Crippen molar-refractivity contribution in [2.24, 2.45) is 4.99 Å². The number of rotatable bonds is 7. The zero-order chi connectivity index (χ0) is 18.9. The van der Waals surface area contributed by atoms with Crippen molar-refractivity contribution in [2.75, 3.05) is 26.2 Å². The van der Waals surface area contributed by atoms with E-state index < -0.39 is 11.6 Å². The minimum absolute atomic E-state index is 0. The fourth-order valence-corrected chi connectivity index (χ4v) is 1.86. The van der Waals surface area contributed by atoms with Crippen LogP contribution in [-0.2, 0) is 4.79 Å². The smallest absolute Gasteiger partial charge is 0.242 e. The second kappa shape index (κ2) is 11.9. The number of aliphatic imine (C=N–C) groups is 1. The Morgan fingerprint density at radius 2 is 1.88 bits per heavy atom.